The number of hydrogen-bond donors (Lipinski definition) is 2. The molecule has 0 aliphatic heterocycles. The van der Waals surface area contributed by atoms with E-state index < -0.39 is 0 Å². The molecule has 82 valence electrons. The van der Waals surface area contributed by atoms with Crippen LogP contribution in [-0.2, 0) is 6.54 Å². The first-order chi connectivity index (χ1) is 7.77. The number of aromatic nitrogens is 2. The Hall–Kier alpha value is -1.81. The fraction of sp³-hybridized carbons (Fsp3) is 0.0909. The van der Waals surface area contributed by atoms with Gasteiger partial charge in [-0.05, 0) is 17.7 Å². The zero-order valence-electron chi connectivity index (χ0n) is 8.40. The molecule has 1 amide bonds. The Balaban J connectivity index is 2.01. The summed E-state index contributed by atoms with van der Waals surface area (Å²) in [6, 6.07) is 3.49. The molecule has 2 N–H and O–H groups in total. The van der Waals surface area contributed by atoms with E-state index in [2.05, 4.69) is 15.3 Å². The van der Waals surface area contributed by atoms with Crippen LogP contribution in [0.25, 0.3) is 0 Å². The molecule has 0 unspecified atom stereocenters. The van der Waals surface area contributed by atoms with Crippen LogP contribution >= 0.6 is 11.6 Å². The van der Waals surface area contributed by atoms with Gasteiger partial charge in [-0.1, -0.05) is 11.6 Å². The molecule has 0 radical (unpaired) electrons. The minimum Gasteiger partial charge on any atom is -0.367 e. The van der Waals surface area contributed by atoms with Gasteiger partial charge in [0, 0.05) is 31.3 Å². The molecule has 0 spiro atoms. The zero-order chi connectivity index (χ0) is 11.4. The van der Waals surface area contributed by atoms with E-state index in [1.54, 1.807) is 12.3 Å². The highest BCUT2D eigenvalue weighted by molar-refractivity contribution is 6.33. The second kappa shape index (κ2) is 4.81. The van der Waals surface area contributed by atoms with Gasteiger partial charge in [0.2, 0.25) is 0 Å². The smallest absolute Gasteiger partial charge is 0.253 e. The Kier molecular flexibility index (Phi) is 3.22. The average molecular weight is 236 g/mol. The number of pyridine rings is 1. The van der Waals surface area contributed by atoms with Gasteiger partial charge >= 0.3 is 0 Å². The maximum absolute atomic E-state index is 11.7. The Morgan fingerprint density at radius 3 is 3.06 bits per heavy atom. The minimum absolute atomic E-state index is 0.200. The summed E-state index contributed by atoms with van der Waals surface area (Å²) < 4.78 is 0. The number of aromatic amines is 1. The molecule has 5 heteroatoms. The molecule has 16 heavy (non-hydrogen) atoms. The minimum atomic E-state index is -0.200. The Bertz CT molecular complexity index is 482. The lowest BCUT2D eigenvalue weighted by Crippen LogP contribution is -2.22. The molecule has 0 aromatic carbocycles. The van der Waals surface area contributed by atoms with Gasteiger partial charge in [-0.3, -0.25) is 9.78 Å². The number of carbonyl (C=O) groups excluding carboxylic acids is 1. The van der Waals surface area contributed by atoms with Crippen LogP contribution in [0.1, 0.15) is 15.9 Å². The van der Waals surface area contributed by atoms with Crippen LogP contribution in [-0.4, -0.2) is 15.9 Å². The second-order valence-corrected chi connectivity index (χ2v) is 3.66. The van der Waals surface area contributed by atoms with Crippen molar-refractivity contribution in [2.75, 3.05) is 0 Å². The number of halogens is 1. The van der Waals surface area contributed by atoms with E-state index in [1.807, 2.05) is 12.3 Å². The number of H-pyrrole nitrogens is 1. The molecular formula is C11H10ClN3O. The lowest BCUT2D eigenvalue weighted by atomic mass is 10.2. The summed E-state index contributed by atoms with van der Waals surface area (Å²) in [5.41, 5.74) is 1.45. The summed E-state index contributed by atoms with van der Waals surface area (Å²) in [5, 5.41) is 3.13. The first-order valence-corrected chi connectivity index (χ1v) is 5.14. The molecule has 0 saturated carbocycles. The van der Waals surface area contributed by atoms with Gasteiger partial charge in [0.05, 0.1) is 10.6 Å². The van der Waals surface area contributed by atoms with Crippen LogP contribution in [0.5, 0.6) is 0 Å². The standard InChI is InChI=1S/C11H10ClN3O/c12-10-7-14-4-2-9(10)11(16)15-6-8-1-3-13-5-8/h1-5,7,13H,6H2,(H,15,16). The number of nitrogens with one attached hydrogen (secondary N) is 2. The summed E-state index contributed by atoms with van der Waals surface area (Å²) in [4.78, 5) is 18.5. The van der Waals surface area contributed by atoms with E-state index in [9.17, 15) is 4.79 Å². The van der Waals surface area contributed by atoms with Crippen LogP contribution in [0.3, 0.4) is 0 Å². The van der Waals surface area contributed by atoms with Gasteiger partial charge in [-0.25, -0.2) is 0 Å². The van der Waals surface area contributed by atoms with Crippen LogP contribution in [0.4, 0.5) is 0 Å². The largest absolute Gasteiger partial charge is 0.367 e. The number of rotatable bonds is 3. The number of carbonyl (C=O) groups is 1. The van der Waals surface area contributed by atoms with Crippen molar-refractivity contribution >= 4 is 17.5 Å². The van der Waals surface area contributed by atoms with E-state index in [0.717, 1.165) is 5.56 Å². The van der Waals surface area contributed by atoms with E-state index in [-0.39, 0.29) is 5.91 Å². The van der Waals surface area contributed by atoms with Crippen LogP contribution in [0.15, 0.2) is 36.9 Å². The van der Waals surface area contributed by atoms with Gasteiger partial charge in [-0.2, -0.15) is 0 Å². The van der Waals surface area contributed by atoms with Crippen molar-refractivity contribution in [1.29, 1.82) is 0 Å². The third-order valence-electron chi connectivity index (χ3n) is 2.13. The summed E-state index contributed by atoms with van der Waals surface area (Å²) in [6.45, 7) is 0.473. The average Bonchev–Trinajstić information content (AvgIpc) is 2.79. The van der Waals surface area contributed by atoms with Crippen molar-refractivity contribution in [3.8, 4) is 0 Å². The van der Waals surface area contributed by atoms with E-state index in [0.29, 0.717) is 17.1 Å². The molecule has 0 bridgehead atoms. The summed E-state index contributed by atoms with van der Waals surface area (Å²) in [5.74, 6) is -0.200. The molecule has 2 aromatic heterocycles. The van der Waals surface area contributed by atoms with Gasteiger partial charge in [-0.15, -0.1) is 0 Å². The van der Waals surface area contributed by atoms with Crippen LogP contribution in [0.2, 0.25) is 5.02 Å². The molecule has 0 saturated heterocycles. The highest BCUT2D eigenvalue weighted by Crippen LogP contribution is 2.13. The normalized spacial score (nSPS) is 10.1. The number of amides is 1. The molecule has 0 fully saturated rings. The summed E-state index contributed by atoms with van der Waals surface area (Å²) in [7, 11) is 0. The Morgan fingerprint density at radius 1 is 1.50 bits per heavy atom. The molecule has 2 aromatic rings. The number of hydrogen-bond acceptors (Lipinski definition) is 2. The van der Waals surface area contributed by atoms with Crippen molar-refractivity contribution in [2.45, 2.75) is 6.54 Å². The van der Waals surface area contributed by atoms with Crippen molar-refractivity contribution in [3.63, 3.8) is 0 Å². The zero-order valence-corrected chi connectivity index (χ0v) is 9.16. The molecule has 2 heterocycles. The maximum Gasteiger partial charge on any atom is 0.253 e. The quantitative estimate of drug-likeness (QED) is 0.855. The highest BCUT2D eigenvalue weighted by Gasteiger charge is 2.09. The van der Waals surface area contributed by atoms with Crippen LogP contribution < -0.4 is 5.32 Å². The second-order valence-electron chi connectivity index (χ2n) is 3.26. The van der Waals surface area contributed by atoms with Crippen molar-refractivity contribution in [3.05, 3.63) is 53.1 Å². The molecule has 0 atom stereocenters. The highest BCUT2D eigenvalue weighted by atomic mass is 35.5. The van der Waals surface area contributed by atoms with E-state index in [1.165, 1.54) is 12.4 Å². The van der Waals surface area contributed by atoms with Crippen LogP contribution in [0, 0.1) is 0 Å². The third kappa shape index (κ3) is 2.41. The predicted molar refractivity (Wildman–Crippen MR) is 61.2 cm³/mol. The predicted octanol–water partition coefficient (Wildman–Crippen LogP) is 1.99. The lowest BCUT2D eigenvalue weighted by Gasteiger charge is -2.04. The molecule has 0 aliphatic rings. The lowest BCUT2D eigenvalue weighted by molar-refractivity contribution is 0.0951. The monoisotopic (exact) mass is 235 g/mol. The Labute approximate surface area is 97.7 Å². The molecule has 2 rings (SSSR count). The first-order valence-electron chi connectivity index (χ1n) is 4.77. The molecule has 0 aliphatic carbocycles. The summed E-state index contributed by atoms with van der Waals surface area (Å²) in [6.07, 6.45) is 6.62. The third-order valence-corrected chi connectivity index (χ3v) is 2.43. The van der Waals surface area contributed by atoms with Crippen molar-refractivity contribution in [1.82, 2.24) is 15.3 Å². The van der Waals surface area contributed by atoms with Gasteiger partial charge in [0.15, 0.2) is 0 Å². The van der Waals surface area contributed by atoms with E-state index >= 15 is 0 Å². The molecular weight excluding hydrogens is 226 g/mol. The SMILES string of the molecule is O=C(NCc1cc[nH]c1)c1ccncc1Cl. The fourth-order valence-electron chi connectivity index (χ4n) is 1.31. The topological polar surface area (TPSA) is 57.8 Å². The fourth-order valence-corrected chi connectivity index (χ4v) is 1.51. The molecule has 4 nitrogen and oxygen atoms in total. The van der Waals surface area contributed by atoms with E-state index in [4.69, 9.17) is 11.6 Å². The first kappa shape index (κ1) is 10.7. The number of nitrogens with zero attached hydrogens (tertiary/aromatic N) is 1. The van der Waals surface area contributed by atoms with Gasteiger partial charge in [0.1, 0.15) is 0 Å². The van der Waals surface area contributed by atoms with Crippen molar-refractivity contribution in [2.24, 2.45) is 0 Å². The summed E-state index contributed by atoms with van der Waals surface area (Å²) >= 11 is 5.85. The Morgan fingerprint density at radius 2 is 2.38 bits per heavy atom. The van der Waals surface area contributed by atoms with Crippen molar-refractivity contribution < 1.29 is 4.79 Å². The maximum atomic E-state index is 11.7. The van der Waals surface area contributed by atoms with Gasteiger partial charge in [0.25, 0.3) is 5.91 Å². The van der Waals surface area contributed by atoms with Gasteiger partial charge < -0.3 is 10.3 Å².